The van der Waals surface area contributed by atoms with Gasteiger partial charge in [-0.1, -0.05) is 6.07 Å². The summed E-state index contributed by atoms with van der Waals surface area (Å²) in [6, 6.07) is 3.98. The second-order valence-electron chi connectivity index (χ2n) is 5.69. The van der Waals surface area contributed by atoms with Crippen LogP contribution in [0.3, 0.4) is 0 Å². The van der Waals surface area contributed by atoms with Crippen molar-refractivity contribution in [2.45, 2.75) is 44.8 Å². The summed E-state index contributed by atoms with van der Waals surface area (Å²) in [4.78, 5) is 8.62. The van der Waals surface area contributed by atoms with Gasteiger partial charge in [0.05, 0.1) is 0 Å². The molecule has 1 aliphatic rings. The third kappa shape index (κ3) is 6.06. The van der Waals surface area contributed by atoms with E-state index in [-0.39, 0.29) is 0 Å². The first-order valence-corrected chi connectivity index (χ1v) is 8.37. The molecule has 1 heterocycles. The molecule has 0 saturated heterocycles. The lowest BCUT2D eigenvalue weighted by Gasteiger charge is -2.16. The van der Waals surface area contributed by atoms with Crippen molar-refractivity contribution in [2.75, 3.05) is 27.3 Å². The standard InChI is InChI=1S/C17H28N4O2/c1-18-17(20-11-6-12-22-2)21-13-14-7-5-10-19-16(14)23-15-8-3-4-9-15/h5,7,10,15H,3-4,6,8-9,11-13H2,1-2H3,(H2,18,20,21). The largest absolute Gasteiger partial charge is 0.474 e. The minimum Gasteiger partial charge on any atom is -0.474 e. The van der Waals surface area contributed by atoms with Gasteiger partial charge in [-0.15, -0.1) is 0 Å². The molecule has 1 saturated carbocycles. The minimum atomic E-state index is 0.315. The number of nitrogens with zero attached hydrogens (tertiary/aromatic N) is 2. The van der Waals surface area contributed by atoms with Gasteiger partial charge in [0, 0.05) is 45.6 Å². The average Bonchev–Trinajstić information content (AvgIpc) is 3.08. The van der Waals surface area contributed by atoms with Crippen molar-refractivity contribution in [3.8, 4) is 5.88 Å². The number of aliphatic imine (C=N–C) groups is 1. The number of aromatic nitrogens is 1. The Bertz CT molecular complexity index is 487. The molecule has 6 heteroatoms. The lowest BCUT2D eigenvalue weighted by Crippen LogP contribution is -2.37. The highest BCUT2D eigenvalue weighted by molar-refractivity contribution is 5.79. The van der Waals surface area contributed by atoms with E-state index in [1.807, 2.05) is 12.1 Å². The van der Waals surface area contributed by atoms with E-state index in [9.17, 15) is 0 Å². The summed E-state index contributed by atoms with van der Waals surface area (Å²) < 4.78 is 11.1. The molecular weight excluding hydrogens is 292 g/mol. The van der Waals surface area contributed by atoms with E-state index < -0.39 is 0 Å². The van der Waals surface area contributed by atoms with E-state index in [1.165, 1.54) is 12.8 Å². The van der Waals surface area contributed by atoms with Crippen LogP contribution >= 0.6 is 0 Å². The maximum absolute atomic E-state index is 6.06. The van der Waals surface area contributed by atoms with Crippen molar-refractivity contribution in [1.29, 1.82) is 0 Å². The Morgan fingerprint density at radius 2 is 2.17 bits per heavy atom. The van der Waals surface area contributed by atoms with E-state index >= 15 is 0 Å². The zero-order valence-corrected chi connectivity index (χ0v) is 14.2. The van der Waals surface area contributed by atoms with Crippen molar-refractivity contribution < 1.29 is 9.47 Å². The number of rotatable bonds is 8. The van der Waals surface area contributed by atoms with Gasteiger partial charge in [0.2, 0.25) is 5.88 Å². The van der Waals surface area contributed by atoms with E-state index in [0.29, 0.717) is 12.6 Å². The SMILES string of the molecule is CN=C(NCCCOC)NCc1cccnc1OC1CCCC1. The summed E-state index contributed by atoms with van der Waals surface area (Å²) >= 11 is 0. The molecule has 1 fully saturated rings. The number of hydrogen-bond donors (Lipinski definition) is 2. The smallest absolute Gasteiger partial charge is 0.218 e. The summed E-state index contributed by atoms with van der Waals surface area (Å²) in [5.74, 6) is 1.51. The number of pyridine rings is 1. The summed E-state index contributed by atoms with van der Waals surface area (Å²) in [6.45, 7) is 2.21. The first kappa shape index (κ1) is 17.5. The van der Waals surface area contributed by atoms with Crippen LogP contribution in [0.1, 0.15) is 37.7 Å². The quantitative estimate of drug-likeness (QED) is 0.436. The maximum atomic E-state index is 6.06. The first-order chi connectivity index (χ1) is 11.3. The molecule has 0 aromatic carbocycles. The van der Waals surface area contributed by atoms with Gasteiger partial charge in [-0.05, 0) is 38.2 Å². The fourth-order valence-electron chi connectivity index (χ4n) is 2.65. The number of hydrogen-bond acceptors (Lipinski definition) is 4. The summed E-state index contributed by atoms with van der Waals surface area (Å²) in [7, 11) is 3.48. The second-order valence-corrected chi connectivity index (χ2v) is 5.69. The molecule has 2 rings (SSSR count). The summed E-state index contributed by atoms with van der Waals surface area (Å²) in [5, 5.41) is 6.57. The van der Waals surface area contributed by atoms with Crippen molar-refractivity contribution >= 4 is 5.96 Å². The van der Waals surface area contributed by atoms with Crippen molar-refractivity contribution in [3.05, 3.63) is 23.9 Å². The molecule has 0 bridgehead atoms. The van der Waals surface area contributed by atoms with Crippen LogP contribution < -0.4 is 15.4 Å². The Kier molecular flexibility index (Phi) is 7.66. The number of guanidine groups is 1. The van der Waals surface area contributed by atoms with Crippen LogP contribution in [-0.4, -0.2) is 44.4 Å². The Morgan fingerprint density at radius 1 is 1.35 bits per heavy atom. The highest BCUT2D eigenvalue weighted by Gasteiger charge is 2.18. The summed E-state index contributed by atoms with van der Waals surface area (Å²) in [6.07, 6.45) is 7.81. The lowest BCUT2D eigenvalue weighted by molar-refractivity contribution is 0.195. The molecule has 1 aromatic rings. The third-order valence-corrected chi connectivity index (χ3v) is 3.92. The van der Waals surface area contributed by atoms with Gasteiger partial charge in [0.25, 0.3) is 0 Å². The molecule has 0 aliphatic heterocycles. The molecule has 1 aromatic heterocycles. The van der Waals surface area contributed by atoms with Gasteiger partial charge in [-0.2, -0.15) is 0 Å². The predicted molar refractivity (Wildman–Crippen MR) is 91.8 cm³/mol. The van der Waals surface area contributed by atoms with Crippen molar-refractivity contribution in [1.82, 2.24) is 15.6 Å². The van der Waals surface area contributed by atoms with Crippen LogP contribution in [0.25, 0.3) is 0 Å². The number of nitrogens with one attached hydrogen (secondary N) is 2. The molecule has 128 valence electrons. The molecule has 6 nitrogen and oxygen atoms in total. The topological polar surface area (TPSA) is 67.8 Å². The van der Waals surface area contributed by atoms with Crippen LogP contribution in [-0.2, 0) is 11.3 Å². The molecular formula is C17H28N4O2. The molecule has 0 spiro atoms. The fraction of sp³-hybridized carbons (Fsp3) is 0.647. The molecule has 2 N–H and O–H groups in total. The molecule has 0 unspecified atom stereocenters. The zero-order valence-electron chi connectivity index (χ0n) is 14.2. The number of methoxy groups -OCH3 is 1. The van der Waals surface area contributed by atoms with Crippen LogP contribution in [0, 0.1) is 0 Å². The van der Waals surface area contributed by atoms with E-state index in [1.54, 1.807) is 20.4 Å². The maximum Gasteiger partial charge on any atom is 0.218 e. The van der Waals surface area contributed by atoms with E-state index in [2.05, 4.69) is 20.6 Å². The summed E-state index contributed by atoms with van der Waals surface area (Å²) in [5.41, 5.74) is 1.05. The van der Waals surface area contributed by atoms with Gasteiger partial charge >= 0.3 is 0 Å². The highest BCUT2D eigenvalue weighted by Crippen LogP contribution is 2.24. The monoisotopic (exact) mass is 320 g/mol. The van der Waals surface area contributed by atoms with Gasteiger partial charge in [0.1, 0.15) is 6.10 Å². The zero-order chi connectivity index (χ0) is 16.3. The molecule has 0 atom stereocenters. The fourth-order valence-corrected chi connectivity index (χ4v) is 2.65. The normalized spacial score (nSPS) is 15.7. The predicted octanol–water partition coefficient (Wildman–Crippen LogP) is 2.10. The van der Waals surface area contributed by atoms with Crippen LogP contribution in [0.4, 0.5) is 0 Å². The first-order valence-electron chi connectivity index (χ1n) is 8.37. The Labute approximate surface area is 138 Å². The Morgan fingerprint density at radius 3 is 2.91 bits per heavy atom. The average molecular weight is 320 g/mol. The van der Waals surface area contributed by atoms with Gasteiger partial charge in [0.15, 0.2) is 5.96 Å². The van der Waals surface area contributed by atoms with Gasteiger partial charge in [-0.3, -0.25) is 4.99 Å². The third-order valence-electron chi connectivity index (χ3n) is 3.92. The van der Waals surface area contributed by atoms with Crippen LogP contribution in [0.2, 0.25) is 0 Å². The number of ether oxygens (including phenoxy) is 2. The molecule has 1 aliphatic carbocycles. The molecule has 0 radical (unpaired) electrons. The van der Waals surface area contributed by atoms with Gasteiger partial charge in [-0.25, -0.2) is 4.98 Å². The minimum absolute atomic E-state index is 0.315. The van der Waals surface area contributed by atoms with Crippen molar-refractivity contribution in [3.63, 3.8) is 0 Å². The van der Waals surface area contributed by atoms with Gasteiger partial charge < -0.3 is 20.1 Å². The molecule has 0 amide bonds. The van der Waals surface area contributed by atoms with E-state index in [0.717, 1.165) is 49.8 Å². The van der Waals surface area contributed by atoms with E-state index in [4.69, 9.17) is 9.47 Å². The Hall–Kier alpha value is -1.82. The highest BCUT2D eigenvalue weighted by atomic mass is 16.5. The Balaban J connectivity index is 1.83. The lowest BCUT2D eigenvalue weighted by atomic mass is 10.2. The van der Waals surface area contributed by atoms with Crippen LogP contribution in [0.5, 0.6) is 5.88 Å². The molecule has 23 heavy (non-hydrogen) atoms. The van der Waals surface area contributed by atoms with Crippen LogP contribution in [0.15, 0.2) is 23.3 Å². The van der Waals surface area contributed by atoms with Crippen molar-refractivity contribution in [2.24, 2.45) is 4.99 Å². The second kappa shape index (κ2) is 10.0.